The summed E-state index contributed by atoms with van der Waals surface area (Å²) in [5.74, 6) is 1.72. The summed E-state index contributed by atoms with van der Waals surface area (Å²) >= 11 is 0. The molecule has 0 spiro atoms. The Morgan fingerprint density at radius 1 is 0.944 bits per heavy atom. The number of benzene rings is 2. The predicted molar refractivity (Wildman–Crippen MR) is 133 cm³/mol. The van der Waals surface area contributed by atoms with Gasteiger partial charge >= 0.3 is 0 Å². The first kappa shape index (κ1) is 22.3. The number of rotatable bonds is 8. The molecule has 1 unspecified atom stereocenters. The third-order valence-electron chi connectivity index (χ3n) is 6.26. The molecule has 0 radical (unpaired) electrons. The maximum atomic E-state index is 6.61. The zero-order valence-corrected chi connectivity index (χ0v) is 19.7. The molecule has 0 bridgehead atoms. The molecule has 0 saturated carbocycles. The van der Waals surface area contributed by atoms with Gasteiger partial charge in [0.25, 0.3) is 0 Å². The maximum Gasteiger partial charge on any atom is 0.240 e. The van der Waals surface area contributed by atoms with Gasteiger partial charge in [0.15, 0.2) is 23.4 Å². The first-order chi connectivity index (χ1) is 17.8. The van der Waals surface area contributed by atoms with Crippen molar-refractivity contribution in [2.75, 3.05) is 32.8 Å². The summed E-state index contributed by atoms with van der Waals surface area (Å²) in [6.07, 6.45) is 1.89. The molecule has 3 aromatic heterocycles. The molecule has 1 aliphatic heterocycles. The Labute approximate surface area is 207 Å². The second-order valence-corrected chi connectivity index (χ2v) is 8.60. The first-order valence-corrected chi connectivity index (χ1v) is 12.0. The minimum absolute atomic E-state index is 0.386. The zero-order chi connectivity index (χ0) is 24.2. The van der Waals surface area contributed by atoms with Crippen molar-refractivity contribution in [3.63, 3.8) is 0 Å². The molecule has 1 saturated heterocycles. The van der Waals surface area contributed by atoms with Crippen molar-refractivity contribution in [3.8, 4) is 28.4 Å². The van der Waals surface area contributed by atoms with Gasteiger partial charge in [-0.3, -0.25) is 10.00 Å². The van der Waals surface area contributed by atoms with Crippen LogP contribution >= 0.6 is 0 Å². The average molecular weight is 483 g/mol. The lowest BCUT2D eigenvalue weighted by Gasteiger charge is -2.28. The molecule has 1 aliphatic rings. The summed E-state index contributed by atoms with van der Waals surface area (Å²) in [4.78, 5) is 6.77. The van der Waals surface area contributed by atoms with E-state index in [2.05, 4.69) is 30.3 Å². The van der Waals surface area contributed by atoms with E-state index in [9.17, 15) is 0 Å². The minimum atomic E-state index is -0.386. The van der Waals surface area contributed by atoms with Gasteiger partial charge in [-0.25, -0.2) is 4.98 Å². The van der Waals surface area contributed by atoms with E-state index in [4.69, 9.17) is 14.6 Å². The van der Waals surface area contributed by atoms with Gasteiger partial charge in [-0.15, -0.1) is 15.3 Å². The molecular weight excluding hydrogens is 456 g/mol. The van der Waals surface area contributed by atoms with E-state index in [0.29, 0.717) is 29.6 Å². The Morgan fingerprint density at radius 3 is 2.42 bits per heavy atom. The second-order valence-electron chi connectivity index (χ2n) is 8.60. The molecule has 182 valence electrons. The largest absolute Gasteiger partial charge is 0.465 e. The molecule has 36 heavy (non-hydrogen) atoms. The van der Waals surface area contributed by atoms with Crippen LogP contribution in [0.1, 0.15) is 18.3 Å². The number of H-pyrrole nitrogens is 1. The summed E-state index contributed by atoms with van der Waals surface area (Å²) in [6, 6.07) is 21.9. The lowest BCUT2D eigenvalue weighted by molar-refractivity contribution is 0.0309. The number of aromatic nitrogens is 7. The molecule has 5 aromatic rings. The lowest BCUT2D eigenvalue weighted by atomic mass is 10.1. The maximum absolute atomic E-state index is 6.61. The van der Waals surface area contributed by atoms with Gasteiger partial charge in [0, 0.05) is 37.2 Å². The Hall–Kier alpha value is -4.15. The van der Waals surface area contributed by atoms with Crippen molar-refractivity contribution in [1.82, 2.24) is 39.9 Å². The normalized spacial score (nSPS) is 15.2. The number of nitrogens with one attached hydrogen (secondary N) is 1. The molecule has 10 heteroatoms. The first-order valence-electron chi connectivity index (χ1n) is 12.0. The highest BCUT2D eigenvalue weighted by Gasteiger charge is 2.24. The molecule has 4 heterocycles. The van der Waals surface area contributed by atoms with Gasteiger partial charge in [-0.1, -0.05) is 60.7 Å². The molecule has 10 nitrogen and oxygen atoms in total. The Morgan fingerprint density at radius 2 is 1.69 bits per heavy atom. The minimum Gasteiger partial charge on any atom is -0.465 e. The Bertz CT molecular complexity index is 1400. The van der Waals surface area contributed by atoms with Crippen LogP contribution in [0, 0.1) is 0 Å². The van der Waals surface area contributed by atoms with Crippen LogP contribution in [-0.4, -0.2) is 72.7 Å². The number of fused-ring (bicyclic) bond motifs is 1. The van der Waals surface area contributed by atoms with Gasteiger partial charge in [0.2, 0.25) is 5.88 Å². The van der Waals surface area contributed by atoms with Crippen LogP contribution in [0.25, 0.3) is 28.2 Å². The number of hydrogen-bond donors (Lipinski definition) is 1. The fourth-order valence-electron chi connectivity index (χ4n) is 4.37. The number of nitrogens with zero attached hydrogens (tertiary/aromatic N) is 7. The van der Waals surface area contributed by atoms with Crippen LogP contribution in [0.3, 0.4) is 0 Å². The number of hydrogen-bond acceptors (Lipinski definition) is 8. The quantitative estimate of drug-likeness (QED) is 0.359. The molecule has 0 amide bonds. The van der Waals surface area contributed by atoms with Crippen molar-refractivity contribution in [1.29, 1.82) is 0 Å². The lowest BCUT2D eigenvalue weighted by Crippen LogP contribution is -2.37. The van der Waals surface area contributed by atoms with E-state index in [-0.39, 0.29) is 6.10 Å². The smallest absolute Gasteiger partial charge is 0.240 e. The van der Waals surface area contributed by atoms with E-state index < -0.39 is 0 Å². The van der Waals surface area contributed by atoms with Crippen LogP contribution in [0.2, 0.25) is 0 Å². The van der Waals surface area contributed by atoms with Gasteiger partial charge in [-0.05, 0) is 11.6 Å². The topological polar surface area (TPSA) is 106 Å². The summed E-state index contributed by atoms with van der Waals surface area (Å²) in [7, 11) is 0. The third kappa shape index (κ3) is 4.68. The van der Waals surface area contributed by atoms with E-state index in [0.717, 1.165) is 49.5 Å². The number of ether oxygens (including phenoxy) is 2. The standard InChI is InChI=1S/C26H26N8O2/c1-3-7-19(8-4-1)21-17-23-29-31-25(20-9-5-2-6-10-20)34(23)32-26(21)36-22(24-27-18-28-30-24)11-12-33-13-15-35-16-14-33/h1-10,17-18,22H,11-16H2,(H,27,28,30). The summed E-state index contributed by atoms with van der Waals surface area (Å²) in [5, 5.41) is 20.9. The van der Waals surface area contributed by atoms with E-state index in [1.165, 1.54) is 0 Å². The zero-order valence-electron chi connectivity index (χ0n) is 19.7. The van der Waals surface area contributed by atoms with Crippen molar-refractivity contribution < 1.29 is 9.47 Å². The second kappa shape index (κ2) is 10.2. The fourth-order valence-corrected chi connectivity index (χ4v) is 4.37. The van der Waals surface area contributed by atoms with Crippen molar-refractivity contribution >= 4 is 5.65 Å². The highest BCUT2D eigenvalue weighted by molar-refractivity contribution is 5.73. The Balaban J connectivity index is 1.40. The van der Waals surface area contributed by atoms with Crippen LogP contribution in [0.5, 0.6) is 5.88 Å². The SMILES string of the molecule is c1ccc(-c2cc3nnc(-c4ccccc4)n3nc2OC(CCN2CCOCC2)c2nc[nH]n2)cc1. The summed E-state index contributed by atoms with van der Waals surface area (Å²) in [5.41, 5.74) is 3.38. The van der Waals surface area contributed by atoms with Crippen LogP contribution in [0.15, 0.2) is 73.1 Å². The monoisotopic (exact) mass is 482 g/mol. The van der Waals surface area contributed by atoms with Crippen LogP contribution in [0.4, 0.5) is 0 Å². The number of aromatic amines is 1. The van der Waals surface area contributed by atoms with Crippen molar-refractivity contribution in [3.05, 3.63) is 78.9 Å². The number of morpholine rings is 1. The molecule has 1 atom stereocenters. The van der Waals surface area contributed by atoms with Crippen molar-refractivity contribution in [2.45, 2.75) is 12.5 Å². The summed E-state index contributed by atoms with van der Waals surface area (Å²) in [6.45, 7) is 4.15. The van der Waals surface area contributed by atoms with E-state index >= 15 is 0 Å². The molecule has 1 fully saturated rings. The Kier molecular flexibility index (Phi) is 6.34. The van der Waals surface area contributed by atoms with Gasteiger partial charge in [0.1, 0.15) is 6.33 Å². The molecule has 1 N–H and O–H groups in total. The third-order valence-corrected chi connectivity index (χ3v) is 6.26. The molecule has 0 aliphatic carbocycles. The molecular formula is C26H26N8O2. The summed E-state index contributed by atoms with van der Waals surface area (Å²) < 4.78 is 13.8. The van der Waals surface area contributed by atoms with Crippen molar-refractivity contribution in [2.24, 2.45) is 0 Å². The van der Waals surface area contributed by atoms with Crippen LogP contribution in [-0.2, 0) is 4.74 Å². The molecule has 2 aromatic carbocycles. The van der Waals surface area contributed by atoms with Gasteiger partial charge in [-0.2, -0.15) is 9.61 Å². The average Bonchev–Trinajstić information content (AvgIpc) is 3.62. The van der Waals surface area contributed by atoms with Crippen LogP contribution < -0.4 is 4.74 Å². The highest BCUT2D eigenvalue weighted by atomic mass is 16.5. The van der Waals surface area contributed by atoms with Gasteiger partial charge in [0.05, 0.1) is 13.2 Å². The van der Waals surface area contributed by atoms with Gasteiger partial charge < -0.3 is 9.47 Å². The predicted octanol–water partition coefficient (Wildman–Crippen LogP) is 3.42. The fraction of sp³-hybridized carbons (Fsp3) is 0.269. The highest BCUT2D eigenvalue weighted by Crippen LogP contribution is 2.33. The molecule has 6 rings (SSSR count). The van der Waals surface area contributed by atoms with E-state index in [1.54, 1.807) is 10.8 Å². The van der Waals surface area contributed by atoms with E-state index in [1.807, 2.05) is 66.7 Å².